The van der Waals surface area contributed by atoms with Crippen LogP contribution < -0.4 is 4.90 Å². The Morgan fingerprint density at radius 3 is 2.81 bits per heavy atom. The van der Waals surface area contributed by atoms with Crippen molar-refractivity contribution >= 4 is 11.9 Å². The van der Waals surface area contributed by atoms with E-state index in [1.165, 1.54) is 12.5 Å². The predicted octanol–water partition coefficient (Wildman–Crippen LogP) is 3.13. The summed E-state index contributed by atoms with van der Waals surface area (Å²) in [5, 5.41) is 4.19. The molecule has 3 aliphatic rings. The van der Waals surface area contributed by atoms with E-state index < -0.39 is 0 Å². The topological polar surface area (TPSA) is 62.5 Å². The van der Waals surface area contributed by atoms with Crippen molar-refractivity contribution in [3.05, 3.63) is 41.5 Å². The van der Waals surface area contributed by atoms with Gasteiger partial charge in [-0.1, -0.05) is 18.6 Å². The number of halogens is 1. The van der Waals surface area contributed by atoms with Crippen LogP contribution in [0.15, 0.2) is 28.8 Å². The Hall–Kier alpha value is -2.44. The molecule has 1 aromatic carbocycles. The Bertz CT molecular complexity index is 865. The van der Waals surface area contributed by atoms with Crippen molar-refractivity contribution in [1.29, 1.82) is 0 Å². The summed E-state index contributed by atoms with van der Waals surface area (Å²) in [6.07, 6.45) is 3.48. The molecule has 1 saturated carbocycles. The monoisotopic (exact) mass is 370 g/mol. The van der Waals surface area contributed by atoms with Gasteiger partial charge in [0.15, 0.2) is 0 Å². The number of anilines is 1. The highest BCUT2D eigenvalue weighted by molar-refractivity contribution is 5.74. The van der Waals surface area contributed by atoms with Crippen LogP contribution in [0.4, 0.5) is 10.3 Å². The number of benzene rings is 1. The highest BCUT2D eigenvalue weighted by Crippen LogP contribution is 2.46. The van der Waals surface area contributed by atoms with Crippen LogP contribution in [-0.2, 0) is 4.79 Å². The van der Waals surface area contributed by atoms with Gasteiger partial charge < -0.3 is 14.3 Å². The second-order valence-corrected chi connectivity index (χ2v) is 8.06. The van der Waals surface area contributed by atoms with Crippen LogP contribution >= 0.6 is 0 Å². The van der Waals surface area contributed by atoms with Crippen molar-refractivity contribution in [2.45, 2.75) is 38.1 Å². The van der Waals surface area contributed by atoms with Crippen molar-refractivity contribution < 1.29 is 13.7 Å². The molecule has 6 nitrogen and oxygen atoms in total. The van der Waals surface area contributed by atoms with Gasteiger partial charge in [0.1, 0.15) is 5.82 Å². The van der Waals surface area contributed by atoms with Crippen molar-refractivity contribution in [2.24, 2.45) is 11.8 Å². The molecule has 0 N–H and O–H groups in total. The van der Waals surface area contributed by atoms with E-state index in [1.807, 2.05) is 11.0 Å². The Balaban J connectivity index is 1.39. The Labute approximate surface area is 157 Å². The molecule has 0 radical (unpaired) electrons. The number of nitrogens with zero attached hydrogens (tertiary/aromatic N) is 4. The summed E-state index contributed by atoms with van der Waals surface area (Å²) in [5.74, 6) is 2.16. The van der Waals surface area contributed by atoms with E-state index >= 15 is 0 Å². The second kappa shape index (κ2) is 6.32. The van der Waals surface area contributed by atoms with Gasteiger partial charge >= 0.3 is 0 Å². The average molecular weight is 370 g/mol. The van der Waals surface area contributed by atoms with Gasteiger partial charge in [0.25, 0.3) is 5.95 Å². The summed E-state index contributed by atoms with van der Waals surface area (Å²) in [6, 6.07) is 6.52. The van der Waals surface area contributed by atoms with E-state index in [0.717, 1.165) is 37.4 Å². The van der Waals surface area contributed by atoms with Crippen molar-refractivity contribution in [3.8, 4) is 0 Å². The first-order valence-corrected chi connectivity index (χ1v) is 9.71. The van der Waals surface area contributed by atoms with Gasteiger partial charge in [-0.05, 0) is 35.7 Å². The van der Waals surface area contributed by atoms with Gasteiger partial charge in [-0.15, -0.1) is 0 Å². The zero-order valence-electron chi connectivity index (χ0n) is 15.3. The van der Waals surface area contributed by atoms with Crippen LogP contribution in [0.5, 0.6) is 0 Å². The zero-order chi connectivity index (χ0) is 18.5. The van der Waals surface area contributed by atoms with Crippen LogP contribution in [-0.4, -0.2) is 40.6 Å². The van der Waals surface area contributed by atoms with Gasteiger partial charge in [0.05, 0.1) is 6.04 Å². The normalized spacial score (nSPS) is 27.7. The summed E-state index contributed by atoms with van der Waals surface area (Å²) < 4.78 is 19.3. The van der Waals surface area contributed by atoms with E-state index in [4.69, 9.17) is 4.52 Å². The smallest absolute Gasteiger partial charge is 0.266 e. The van der Waals surface area contributed by atoms with Crippen molar-refractivity contribution in [3.63, 3.8) is 0 Å². The number of likely N-dealkylation sites (tertiary alicyclic amines) is 1. The molecule has 2 saturated heterocycles. The predicted molar refractivity (Wildman–Crippen MR) is 96.6 cm³/mol. The van der Waals surface area contributed by atoms with Gasteiger partial charge in [0.2, 0.25) is 11.8 Å². The molecule has 142 valence electrons. The third-order valence-corrected chi connectivity index (χ3v) is 6.43. The molecule has 3 heterocycles. The largest absolute Gasteiger partial charge is 0.337 e. The fraction of sp³-hybridized carbons (Fsp3) is 0.550. The molecule has 7 heteroatoms. The second-order valence-electron chi connectivity index (χ2n) is 8.06. The molecule has 5 rings (SSSR count). The van der Waals surface area contributed by atoms with Gasteiger partial charge in [-0.25, -0.2) is 4.39 Å². The summed E-state index contributed by atoms with van der Waals surface area (Å²) in [5.41, 5.74) is 0.864. The molecular weight excluding hydrogens is 347 g/mol. The van der Waals surface area contributed by atoms with Crippen LogP contribution in [0.2, 0.25) is 0 Å². The lowest BCUT2D eigenvalue weighted by molar-refractivity contribution is -0.130. The molecule has 3 fully saturated rings. The summed E-state index contributed by atoms with van der Waals surface area (Å²) in [6.45, 7) is 3.82. The third kappa shape index (κ3) is 2.80. The third-order valence-electron chi connectivity index (χ3n) is 6.43. The number of aromatic nitrogens is 2. The molecule has 0 unspecified atom stereocenters. The minimum Gasteiger partial charge on any atom is -0.337 e. The highest BCUT2D eigenvalue weighted by Gasteiger charge is 2.49. The molecule has 0 spiro atoms. The van der Waals surface area contributed by atoms with Crippen LogP contribution in [0.3, 0.4) is 0 Å². The summed E-state index contributed by atoms with van der Waals surface area (Å²) in [7, 11) is 0. The molecule has 1 aliphatic carbocycles. The van der Waals surface area contributed by atoms with E-state index in [1.54, 1.807) is 19.1 Å². The lowest BCUT2D eigenvalue weighted by Gasteiger charge is -2.29. The minimum absolute atomic E-state index is 0.0389. The Morgan fingerprint density at radius 2 is 2.11 bits per heavy atom. The van der Waals surface area contributed by atoms with Gasteiger partial charge in [-0.3, -0.25) is 4.79 Å². The van der Waals surface area contributed by atoms with E-state index in [9.17, 15) is 9.18 Å². The maximum Gasteiger partial charge on any atom is 0.266 e. The number of fused-ring (bicyclic) bond motifs is 1. The van der Waals surface area contributed by atoms with Crippen LogP contribution in [0.25, 0.3) is 0 Å². The van der Waals surface area contributed by atoms with Crippen molar-refractivity contribution in [1.82, 2.24) is 15.0 Å². The lowest BCUT2D eigenvalue weighted by atomic mass is 9.85. The quantitative estimate of drug-likeness (QED) is 0.831. The first-order valence-electron chi connectivity index (χ1n) is 9.71. The number of rotatable bonds is 3. The minimum atomic E-state index is -0.266. The molecule has 1 amide bonds. The first kappa shape index (κ1) is 16.7. The SMILES string of the molecule is CC(=O)N1C[C@H]2CN(c3noc(C4CCC4)n3)C[C@H]2[C@@H]1c1cccc(F)c1. The molecule has 0 bridgehead atoms. The summed E-state index contributed by atoms with van der Waals surface area (Å²) in [4.78, 5) is 20.9. The lowest BCUT2D eigenvalue weighted by Crippen LogP contribution is -2.34. The number of amides is 1. The number of hydrogen-bond acceptors (Lipinski definition) is 5. The van der Waals surface area contributed by atoms with E-state index in [2.05, 4.69) is 15.0 Å². The first-order chi connectivity index (χ1) is 13.1. The number of hydrogen-bond donors (Lipinski definition) is 0. The van der Waals surface area contributed by atoms with Gasteiger partial charge in [0, 0.05) is 44.3 Å². The zero-order valence-corrected chi connectivity index (χ0v) is 15.3. The number of carbonyl (C=O) groups excluding carboxylic acids is 1. The molecular formula is C20H23FN4O2. The van der Waals surface area contributed by atoms with Crippen molar-refractivity contribution in [2.75, 3.05) is 24.5 Å². The fourth-order valence-electron chi connectivity index (χ4n) is 4.83. The fourth-order valence-corrected chi connectivity index (χ4v) is 4.83. The highest BCUT2D eigenvalue weighted by atomic mass is 19.1. The molecule has 1 aromatic heterocycles. The molecule has 2 aliphatic heterocycles. The Morgan fingerprint density at radius 1 is 1.26 bits per heavy atom. The standard InChI is InChI=1S/C20H23FN4O2/c1-12(26)25-10-15-9-24(20-22-19(27-23-20)13-4-2-5-13)11-17(15)18(25)14-6-3-7-16(21)8-14/h3,6-8,13,15,17-18H,2,4-5,9-11H2,1H3/t15-,17-,18+/m1/s1. The Kier molecular flexibility index (Phi) is 3.91. The average Bonchev–Trinajstić information content (AvgIpc) is 3.26. The molecule has 3 atom stereocenters. The van der Waals surface area contributed by atoms with Crippen LogP contribution in [0.1, 0.15) is 49.6 Å². The van der Waals surface area contributed by atoms with E-state index in [-0.39, 0.29) is 23.7 Å². The van der Waals surface area contributed by atoms with E-state index in [0.29, 0.717) is 24.3 Å². The maximum absolute atomic E-state index is 13.8. The molecule has 2 aromatic rings. The summed E-state index contributed by atoms with van der Waals surface area (Å²) >= 11 is 0. The molecule has 27 heavy (non-hydrogen) atoms. The van der Waals surface area contributed by atoms with Crippen LogP contribution in [0, 0.1) is 17.7 Å². The van der Waals surface area contributed by atoms with Gasteiger partial charge in [-0.2, -0.15) is 4.98 Å². The number of carbonyl (C=O) groups is 1. The maximum atomic E-state index is 13.8.